The maximum Gasteiger partial charge on any atom is 0.318 e. The molecular formula is C32H42Cl2N4O3. The minimum atomic E-state index is -0.692. The van der Waals surface area contributed by atoms with E-state index in [2.05, 4.69) is 35.3 Å². The molecular weight excluding hydrogens is 559 g/mol. The molecule has 1 atom stereocenters. The van der Waals surface area contributed by atoms with Gasteiger partial charge in [0.2, 0.25) is 5.91 Å². The minimum Gasteiger partial charge on any atom is -0.492 e. The molecule has 222 valence electrons. The van der Waals surface area contributed by atoms with E-state index < -0.39 is 6.04 Å². The van der Waals surface area contributed by atoms with Crippen molar-refractivity contribution in [2.24, 2.45) is 0 Å². The number of hydrogen-bond donors (Lipinski definition) is 1. The average Bonchev–Trinajstić information content (AvgIpc) is 3.69. The zero-order chi connectivity index (χ0) is 28.8. The number of ether oxygens (including phenoxy) is 1. The highest BCUT2D eigenvalue weighted by Gasteiger charge is 2.32. The molecule has 0 saturated carbocycles. The van der Waals surface area contributed by atoms with Crippen LogP contribution in [0.5, 0.6) is 5.75 Å². The van der Waals surface area contributed by atoms with E-state index in [1.54, 1.807) is 17.0 Å². The Morgan fingerprint density at radius 3 is 2.34 bits per heavy atom. The van der Waals surface area contributed by atoms with Crippen molar-refractivity contribution in [3.8, 4) is 5.75 Å². The lowest BCUT2D eigenvalue weighted by atomic mass is 9.88. The molecule has 3 amide bonds. The van der Waals surface area contributed by atoms with Gasteiger partial charge < -0.3 is 19.9 Å². The SMILES string of the molecule is Cc1ccc(C2CCN(C(=O)[C@@H](Cc3ccc(Cl)cc3Cl)NC(=O)N3CCCC3)CC2)c(OCCN2CCCC2)c1. The summed E-state index contributed by atoms with van der Waals surface area (Å²) >= 11 is 12.6. The first-order valence-electron chi connectivity index (χ1n) is 15.1. The van der Waals surface area contributed by atoms with Gasteiger partial charge in [-0.05, 0) is 99.3 Å². The van der Waals surface area contributed by atoms with Crippen LogP contribution in [-0.2, 0) is 11.2 Å². The van der Waals surface area contributed by atoms with Crippen molar-refractivity contribution in [2.45, 2.75) is 63.8 Å². The van der Waals surface area contributed by atoms with E-state index in [9.17, 15) is 9.59 Å². The van der Waals surface area contributed by atoms with Crippen molar-refractivity contribution < 1.29 is 14.3 Å². The Hall–Kier alpha value is -2.48. The quantitative estimate of drug-likeness (QED) is 0.389. The summed E-state index contributed by atoms with van der Waals surface area (Å²) in [5, 5.41) is 4.07. The second-order valence-electron chi connectivity index (χ2n) is 11.7. The van der Waals surface area contributed by atoms with Crippen molar-refractivity contribution in [3.63, 3.8) is 0 Å². The van der Waals surface area contributed by atoms with E-state index >= 15 is 0 Å². The fourth-order valence-electron chi connectivity index (χ4n) is 6.29. The van der Waals surface area contributed by atoms with Gasteiger partial charge in [-0.25, -0.2) is 4.79 Å². The Labute approximate surface area is 254 Å². The zero-order valence-corrected chi connectivity index (χ0v) is 25.6. The second kappa shape index (κ2) is 14.1. The van der Waals surface area contributed by atoms with Crippen LogP contribution in [0, 0.1) is 6.92 Å². The normalized spacial score (nSPS) is 19.0. The number of nitrogens with one attached hydrogen (secondary N) is 1. The molecule has 0 spiro atoms. The molecule has 41 heavy (non-hydrogen) atoms. The molecule has 0 aliphatic carbocycles. The van der Waals surface area contributed by atoms with Crippen LogP contribution in [0.15, 0.2) is 36.4 Å². The highest BCUT2D eigenvalue weighted by Crippen LogP contribution is 2.35. The van der Waals surface area contributed by atoms with Gasteiger partial charge in [-0.1, -0.05) is 41.4 Å². The summed E-state index contributed by atoms with van der Waals surface area (Å²) in [7, 11) is 0. The van der Waals surface area contributed by atoms with E-state index in [1.807, 2.05) is 11.0 Å². The number of amides is 3. The van der Waals surface area contributed by atoms with E-state index in [0.29, 0.717) is 42.1 Å². The molecule has 0 unspecified atom stereocenters. The van der Waals surface area contributed by atoms with Crippen LogP contribution >= 0.6 is 23.2 Å². The molecule has 3 heterocycles. The Morgan fingerprint density at radius 2 is 1.63 bits per heavy atom. The molecule has 0 bridgehead atoms. The van der Waals surface area contributed by atoms with Crippen molar-refractivity contribution in [1.29, 1.82) is 0 Å². The fraction of sp³-hybridized carbons (Fsp3) is 0.562. The van der Waals surface area contributed by atoms with Crippen LogP contribution in [0.1, 0.15) is 61.1 Å². The highest BCUT2D eigenvalue weighted by atomic mass is 35.5. The van der Waals surface area contributed by atoms with E-state index in [4.69, 9.17) is 27.9 Å². The fourth-order valence-corrected chi connectivity index (χ4v) is 6.78. The third-order valence-corrected chi connectivity index (χ3v) is 9.29. The van der Waals surface area contributed by atoms with Crippen molar-refractivity contribution in [1.82, 2.24) is 20.0 Å². The number of carbonyl (C=O) groups excluding carboxylic acids is 2. The Morgan fingerprint density at radius 1 is 0.927 bits per heavy atom. The third kappa shape index (κ3) is 7.88. The number of aryl methyl sites for hydroxylation is 1. The van der Waals surface area contributed by atoms with Crippen LogP contribution in [0.2, 0.25) is 10.0 Å². The van der Waals surface area contributed by atoms with Gasteiger partial charge in [0.25, 0.3) is 0 Å². The number of hydrogen-bond acceptors (Lipinski definition) is 4. The first-order chi connectivity index (χ1) is 19.9. The molecule has 7 nitrogen and oxygen atoms in total. The third-order valence-electron chi connectivity index (χ3n) is 8.71. The molecule has 2 aromatic carbocycles. The first kappa shape index (κ1) is 30.0. The predicted octanol–water partition coefficient (Wildman–Crippen LogP) is 5.90. The Kier molecular flexibility index (Phi) is 10.3. The number of benzene rings is 2. The molecule has 3 saturated heterocycles. The summed E-state index contributed by atoms with van der Waals surface area (Å²) in [6.07, 6.45) is 6.57. The summed E-state index contributed by atoms with van der Waals surface area (Å²) in [6.45, 7) is 8.80. The maximum atomic E-state index is 13.8. The molecule has 3 aliphatic rings. The lowest BCUT2D eigenvalue weighted by Gasteiger charge is -2.35. The van der Waals surface area contributed by atoms with Crippen molar-refractivity contribution in [2.75, 3.05) is 52.4 Å². The van der Waals surface area contributed by atoms with Gasteiger partial charge in [-0.15, -0.1) is 0 Å². The number of carbonyl (C=O) groups is 2. The van der Waals surface area contributed by atoms with Crippen LogP contribution < -0.4 is 10.1 Å². The number of rotatable bonds is 9. The highest BCUT2D eigenvalue weighted by molar-refractivity contribution is 6.35. The molecule has 3 fully saturated rings. The molecule has 9 heteroatoms. The maximum absolute atomic E-state index is 13.8. The monoisotopic (exact) mass is 600 g/mol. The van der Waals surface area contributed by atoms with Crippen LogP contribution in [0.4, 0.5) is 4.79 Å². The average molecular weight is 602 g/mol. The number of likely N-dealkylation sites (tertiary alicyclic amines) is 3. The molecule has 0 radical (unpaired) electrons. The minimum absolute atomic E-state index is 0.0620. The smallest absolute Gasteiger partial charge is 0.318 e. The van der Waals surface area contributed by atoms with E-state index in [0.717, 1.165) is 56.6 Å². The van der Waals surface area contributed by atoms with Gasteiger partial charge in [-0.2, -0.15) is 0 Å². The summed E-state index contributed by atoms with van der Waals surface area (Å²) in [5.41, 5.74) is 3.22. The topological polar surface area (TPSA) is 65.1 Å². The van der Waals surface area contributed by atoms with Crippen LogP contribution in [0.3, 0.4) is 0 Å². The van der Waals surface area contributed by atoms with Crippen LogP contribution in [-0.4, -0.2) is 85.1 Å². The van der Waals surface area contributed by atoms with Gasteiger partial charge in [0, 0.05) is 49.2 Å². The van der Waals surface area contributed by atoms with E-state index in [1.165, 1.54) is 37.1 Å². The number of nitrogens with zero attached hydrogens (tertiary/aromatic N) is 3. The molecule has 1 N–H and O–H groups in total. The van der Waals surface area contributed by atoms with Crippen LogP contribution in [0.25, 0.3) is 0 Å². The van der Waals surface area contributed by atoms with Gasteiger partial charge >= 0.3 is 6.03 Å². The van der Waals surface area contributed by atoms with Gasteiger partial charge in [0.15, 0.2) is 0 Å². The molecule has 0 aromatic heterocycles. The lowest BCUT2D eigenvalue weighted by molar-refractivity contribution is -0.134. The molecule has 2 aromatic rings. The summed E-state index contributed by atoms with van der Waals surface area (Å²) in [4.78, 5) is 33.0. The summed E-state index contributed by atoms with van der Waals surface area (Å²) in [5.74, 6) is 1.24. The Bertz CT molecular complexity index is 1210. The zero-order valence-electron chi connectivity index (χ0n) is 24.0. The van der Waals surface area contributed by atoms with E-state index in [-0.39, 0.29) is 11.9 Å². The lowest BCUT2D eigenvalue weighted by Crippen LogP contribution is -2.54. The second-order valence-corrected chi connectivity index (χ2v) is 12.5. The largest absolute Gasteiger partial charge is 0.492 e. The molecule has 3 aliphatic heterocycles. The number of urea groups is 1. The standard InChI is InChI=1S/C32H42Cl2N4O3/c1-23-6-9-27(30(20-23)41-19-18-36-12-2-3-13-36)24-10-16-37(17-11-24)31(39)29(35-32(40)38-14-4-5-15-38)21-25-7-8-26(33)22-28(25)34/h6-9,20,22,24,29H,2-5,10-19,21H2,1H3,(H,35,40)/t29-/m1/s1. The van der Waals surface area contributed by atoms with Gasteiger partial charge in [0.05, 0.1) is 0 Å². The predicted molar refractivity (Wildman–Crippen MR) is 164 cm³/mol. The summed E-state index contributed by atoms with van der Waals surface area (Å²) in [6, 6.07) is 10.9. The van der Waals surface area contributed by atoms with Gasteiger partial charge in [-0.3, -0.25) is 9.69 Å². The number of halogens is 2. The first-order valence-corrected chi connectivity index (χ1v) is 15.9. The Balaban J connectivity index is 1.23. The van der Waals surface area contributed by atoms with Gasteiger partial charge in [0.1, 0.15) is 18.4 Å². The summed E-state index contributed by atoms with van der Waals surface area (Å²) < 4.78 is 6.33. The van der Waals surface area contributed by atoms with Crippen molar-refractivity contribution >= 4 is 35.1 Å². The molecule has 5 rings (SSSR count). The van der Waals surface area contributed by atoms with Crippen molar-refractivity contribution in [3.05, 3.63) is 63.1 Å². The number of piperidine rings is 1.